The Morgan fingerprint density at radius 3 is 1.65 bits per heavy atom. The van der Waals surface area contributed by atoms with E-state index in [1.807, 2.05) is 4.90 Å². The van der Waals surface area contributed by atoms with Gasteiger partial charge in [0.05, 0.1) is 6.04 Å². The third-order valence-electron chi connectivity index (χ3n) is 5.66. The summed E-state index contributed by atoms with van der Waals surface area (Å²) in [7, 11) is 0. The lowest BCUT2D eigenvalue weighted by Crippen LogP contribution is -2.45. The van der Waals surface area contributed by atoms with Crippen LogP contribution in [0.15, 0.2) is 0 Å². The minimum Gasteiger partial charge on any atom is -0.341 e. The molecule has 0 rings (SSSR count). The summed E-state index contributed by atoms with van der Waals surface area (Å²) in [6, 6.07) is -0.688. The van der Waals surface area contributed by atoms with Crippen molar-refractivity contribution >= 4 is 17.7 Å². The van der Waals surface area contributed by atoms with Crippen molar-refractivity contribution in [3.8, 4) is 0 Å². The molecule has 0 aliphatic heterocycles. The molecule has 0 spiro atoms. The first-order valence-electron chi connectivity index (χ1n) is 12.8. The van der Waals surface area contributed by atoms with E-state index in [0.717, 1.165) is 44.9 Å². The molecule has 31 heavy (non-hydrogen) atoms. The number of hydrogen-bond donors (Lipinski definition) is 2. The van der Waals surface area contributed by atoms with Crippen molar-refractivity contribution in [2.45, 2.75) is 130 Å². The number of carbonyl (C=O) groups is 3. The average Bonchev–Trinajstić information content (AvgIpc) is 2.76. The zero-order chi connectivity index (χ0) is 23.3. The molecule has 0 saturated carbocycles. The van der Waals surface area contributed by atoms with Crippen LogP contribution in [0.3, 0.4) is 0 Å². The maximum Gasteiger partial charge on any atom is 0.239 e. The SMILES string of the molecule is CCCCCCCCCCCC(=O)NC(=O)CC[C@H](N)C(=O)N(CCCC)CCCC. The van der Waals surface area contributed by atoms with Crippen LogP contribution in [0.1, 0.15) is 124 Å². The summed E-state index contributed by atoms with van der Waals surface area (Å²) in [5.41, 5.74) is 6.05. The second-order valence-corrected chi connectivity index (χ2v) is 8.73. The van der Waals surface area contributed by atoms with E-state index in [0.29, 0.717) is 19.5 Å². The summed E-state index contributed by atoms with van der Waals surface area (Å²) in [5.74, 6) is -0.645. The van der Waals surface area contributed by atoms with Crippen LogP contribution < -0.4 is 11.1 Å². The van der Waals surface area contributed by atoms with Gasteiger partial charge in [0.15, 0.2) is 0 Å². The van der Waals surface area contributed by atoms with Crippen molar-refractivity contribution in [3.63, 3.8) is 0 Å². The topological polar surface area (TPSA) is 92.5 Å². The summed E-state index contributed by atoms with van der Waals surface area (Å²) in [6.07, 6.45) is 15.4. The summed E-state index contributed by atoms with van der Waals surface area (Å²) in [6.45, 7) is 7.84. The number of unbranched alkanes of at least 4 members (excludes halogenated alkanes) is 10. The summed E-state index contributed by atoms with van der Waals surface area (Å²) < 4.78 is 0. The van der Waals surface area contributed by atoms with Crippen LogP contribution in [0.2, 0.25) is 0 Å². The minimum absolute atomic E-state index is 0.0873. The molecule has 0 aliphatic carbocycles. The van der Waals surface area contributed by atoms with Gasteiger partial charge in [-0.15, -0.1) is 0 Å². The van der Waals surface area contributed by atoms with Crippen molar-refractivity contribution in [1.29, 1.82) is 0 Å². The molecule has 0 radical (unpaired) electrons. The van der Waals surface area contributed by atoms with Crippen molar-refractivity contribution in [2.75, 3.05) is 13.1 Å². The zero-order valence-corrected chi connectivity index (χ0v) is 20.6. The van der Waals surface area contributed by atoms with Gasteiger partial charge in [-0.3, -0.25) is 19.7 Å². The Morgan fingerprint density at radius 1 is 0.677 bits per heavy atom. The molecule has 0 saturated heterocycles. The van der Waals surface area contributed by atoms with Gasteiger partial charge >= 0.3 is 0 Å². The number of rotatable bonds is 20. The van der Waals surface area contributed by atoms with E-state index in [4.69, 9.17) is 5.73 Å². The first kappa shape index (κ1) is 29.6. The highest BCUT2D eigenvalue weighted by Gasteiger charge is 2.21. The molecule has 6 heteroatoms. The molecule has 0 heterocycles. The normalized spacial score (nSPS) is 11.9. The molecule has 182 valence electrons. The van der Waals surface area contributed by atoms with Crippen molar-refractivity contribution in [3.05, 3.63) is 0 Å². The molecular formula is C25H49N3O3. The average molecular weight is 440 g/mol. The summed E-state index contributed by atoms with van der Waals surface area (Å²) >= 11 is 0. The predicted molar refractivity (Wildman–Crippen MR) is 129 cm³/mol. The lowest BCUT2D eigenvalue weighted by Gasteiger charge is -2.25. The lowest BCUT2D eigenvalue weighted by atomic mass is 10.1. The Kier molecular flexibility index (Phi) is 19.5. The Hall–Kier alpha value is -1.43. The molecule has 6 nitrogen and oxygen atoms in total. The van der Waals surface area contributed by atoms with Gasteiger partial charge in [0, 0.05) is 25.9 Å². The highest BCUT2D eigenvalue weighted by atomic mass is 16.2. The molecular weight excluding hydrogens is 390 g/mol. The molecule has 3 amide bonds. The van der Waals surface area contributed by atoms with E-state index in [-0.39, 0.29) is 30.6 Å². The van der Waals surface area contributed by atoms with Crippen molar-refractivity contribution in [1.82, 2.24) is 10.2 Å². The smallest absolute Gasteiger partial charge is 0.239 e. The fraction of sp³-hybridized carbons (Fsp3) is 0.880. The van der Waals surface area contributed by atoms with E-state index in [2.05, 4.69) is 26.1 Å². The number of nitrogens with two attached hydrogens (primary N) is 1. The van der Waals surface area contributed by atoms with Gasteiger partial charge in [-0.25, -0.2) is 0 Å². The van der Waals surface area contributed by atoms with E-state index in [1.54, 1.807) is 0 Å². The number of hydrogen-bond acceptors (Lipinski definition) is 4. The van der Waals surface area contributed by atoms with Crippen LogP contribution in [0.5, 0.6) is 0 Å². The maximum atomic E-state index is 12.6. The molecule has 3 N–H and O–H groups in total. The van der Waals surface area contributed by atoms with Gasteiger partial charge in [0.2, 0.25) is 17.7 Å². The first-order valence-corrected chi connectivity index (χ1v) is 12.8. The summed E-state index contributed by atoms with van der Waals surface area (Å²) in [5, 5.41) is 2.44. The van der Waals surface area contributed by atoms with Crippen LogP contribution >= 0.6 is 0 Å². The second kappa shape index (κ2) is 20.5. The van der Waals surface area contributed by atoms with Crippen molar-refractivity contribution in [2.24, 2.45) is 5.73 Å². The number of amides is 3. The summed E-state index contributed by atoms with van der Waals surface area (Å²) in [4.78, 5) is 38.4. The molecule has 0 unspecified atom stereocenters. The molecule has 1 atom stereocenters. The largest absolute Gasteiger partial charge is 0.341 e. The van der Waals surface area contributed by atoms with Gasteiger partial charge in [0.25, 0.3) is 0 Å². The van der Waals surface area contributed by atoms with Crippen LogP contribution in [-0.4, -0.2) is 41.8 Å². The van der Waals surface area contributed by atoms with Gasteiger partial charge in [-0.05, 0) is 25.7 Å². The monoisotopic (exact) mass is 439 g/mol. The third kappa shape index (κ3) is 16.9. The van der Waals surface area contributed by atoms with E-state index in [9.17, 15) is 14.4 Å². The van der Waals surface area contributed by atoms with Gasteiger partial charge < -0.3 is 10.6 Å². The Labute approximate surface area is 191 Å². The Morgan fingerprint density at radius 2 is 1.13 bits per heavy atom. The number of carbonyl (C=O) groups excluding carboxylic acids is 3. The van der Waals surface area contributed by atoms with Gasteiger partial charge in [0.1, 0.15) is 0 Å². The molecule has 0 aromatic rings. The molecule has 0 aromatic carbocycles. The third-order valence-corrected chi connectivity index (χ3v) is 5.66. The van der Waals surface area contributed by atoms with Gasteiger partial charge in [-0.1, -0.05) is 85.0 Å². The fourth-order valence-corrected chi connectivity index (χ4v) is 3.55. The van der Waals surface area contributed by atoms with E-state index >= 15 is 0 Å². The van der Waals surface area contributed by atoms with Crippen LogP contribution in [-0.2, 0) is 14.4 Å². The Balaban J connectivity index is 3.98. The van der Waals surface area contributed by atoms with Crippen LogP contribution in [0.4, 0.5) is 0 Å². The predicted octanol–water partition coefficient (Wildman–Crippen LogP) is 5.09. The zero-order valence-electron chi connectivity index (χ0n) is 20.6. The molecule has 0 aromatic heterocycles. The minimum atomic E-state index is -0.688. The second-order valence-electron chi connectivity index (χ2n) is 8.73. The first-order chi connectivity index (χ1) is 15.0. The van der Waals surface area contributed by atoms with Crippen molar-refractivity contribution < 1.29 is 14.4 Å². The molecule has 0 bridgehead atoms. The van der Waals surface area contributed by atoms with E-state index in [1.165, 1.54) is 38.5 Å². The highest BCUT2D eigenvalue weighted by molar-refractivity contribution is 5.95. The van der Waals surface area contributed by atoms with E-state index < -0.39 is 6.04 Å². The Bertz CT molecular complexity index is 475. The molecule has 0 fully saturated rings. The number of imide groups is 1. The number of nitrogens with zero attached hydrogens (tertiary/aromatic N) is 1. The maximum absolute atomic E-state index is 12.6. The van der Waals surface area contributed by atoms with Gasteiger partial charge in [-0.2, -0.15) is 0 Å². The number of nitrogens with one attached hydrogen (secondary N) is 1. The standard InChI is InChI=1S/C25H49N3O3/c1-4-7-10-11-12-13-14-15-16-17-23(29)27-24(30)19-18-22(26)25(31)28(20-8-5-2)21-9-6-3/h22H,4-21,26H2,1-3H3,(H,27,29,30)/t22-/m0/s1. The lowest BCUT2D eigenvalue weighted by molar-refractivity contribution is -0.133. The quantitative estimate of drug-likeness (QED) is 0.259. The molecule has 0 aliphatic rings. The highest BCUT2D eigenvalue weighted by Crippen LogP contribution is 2.10. The van der Waals surface area contributed by atoms with Crippen LogP contribution in [0.25, 0.3) is 0 Å². The fourth-order valence-electron chi connectivity index (χ4n) is 3.55. The van der Waals surface area contributed by atoms with Crippen LogP contribution in [0, 0.1) is 0 Å².